The lowest BCUT2D eigenvalue weighted by atomic mass is 9.82. The predicted octanol–water partition coefficient (Wildman–Crippen LogP) is 7.94. The van der Waals surface area contributed by atoms with E-state index in [0.717, 1.165) is 21.2 Å². The minimum absolute atomic E-state index is 0.109. The molecule has 6 rings (SSSR count). The molecule has 4 heteroatoms. The van der Waals surface area contributed by atoms with E-state index in [0.29, 0.717) is 17.5 Å². The van der Waals surface area contributed by atoms with Crippen molar-refractivity contribution in [2.75, 3.05) is 0 Å². The van der Waals surface area contributed by atoms with Crippen LogP contribution < -0.4 is 0 Å². The summed E-state index contributed by atoms with van der Waals surface area (Å²) in [6.07, 6.45) is 0. The van der Waals surface area contributed by atoms with Gasteiger partial charge in [0, 0.05) is 26.6 Å². The number of rotatable bonds is 3. The molecule has 1 aliphatic carbocycles. The van der Waals surface area contributed by atoms with Crippen molar-refractivity contribution in [3.63, 3.8) is 0 Å². The Kier molecular flexibility index (Phi) is 4.93. The number of halogens is 1. The van der Waals surface area contributed by atoms with Gasteiger partial charge in [0.15, 0.2) is 17.5 Å². The van der Waals surface area contributed by atoms with E-state index < -0.39 is 0 Å². The maximum Gasteiger partial charge on any atom is 0.164 e. The van der Waals surface area contributed by atoms with Gasteiger partial charge in [0.05, 0.1) is 0 Å². The minimum atomic E-state index is -0.109. The topological polar surface area (TPSA) is 38.7 Å². The zero-order chi connectivity index (χ0) is 23.3. The second-order valence-corrected chi connectivity index (χ2v) is 10.00. The third-order valence-corrected chi connectivity index (χ3v) is 7.10. The summed E-state index contributed by atoms with van der Waals surface area (Å²) in [5.74, 6) is 2.04. The first-order valence-corrected chi connectivity index (χ1v) is 12.1. The van der Waals surface area contributed by atoms with Crippen LogP contribution in [0.25, 0.3) is 45.3 Å². The standard InChI is InChI=1S/C30H22BrN3/c1-30(2)24-15-9-14-23(26(24)22-17-16-21(31)18-25(22)30)29-33-27(19-10-5-3-6-11-19)32-28(34-29)20-12-7-4-8-13-20/h3-18H,1-2H3. The molecular formula is C30H22BrN3. The molecule has 0 amide bonds. The van der Waals surface area contributed by atoms with Crippen molar-refractivity contribution < 1.29 is 0 Å². The number of hydrogen-bond donors (Lipinski definition) is 0. The van der Waals surface area contributed by atoms with Gasteiger partial charge in [-0.15, -0.1) is 0 Å². The summed E-state index contributed by atoms with van der Waals surface area (Å²) in [6, 6.07) is 33.2. The van der Waals surface area contributed by atoms with E-state index in [4.69, 9.17) is 15.0 Å². The van der Waals surface area contributed by atoms with Crippen LogP contribution in [0.15, 0.2) is 102 Å². The average Bonchev–Trinajstić information content (AvgIpc) is 3.11. The third kappa shape index (κ3) is 3.37. The molecule has 0 atom stereocenters. The molecule has 0 fully saturated rings. The fourth-order valence-corrected chi connectivity index (χ4v) is 5.24. The molecule has 0 saturated carbocycles. The third-order valence-electron chi connectivity index (χ3n) is 6.60. The quantitative estimate of drug-likeness (QED) is 0.250. The van der Waals surface area contributed by atoms with Gasteiger partial charge >= 0.3 is 0 Å². The summed E-state index contributed by atoms with van der Waals surface area (Å²) >= 11 is 3.66. The molecule has 0 spiro atoms. The van der Waals surface area contributed by atoms with Crippen molar-refractivity contribution in [3.8, 4) is 45.3 Å². The number of hydrogen-bond acceptors (Lipinski definition) is 3. The van der Waals surface area contributed by atoms with Gasteiger partial charge in [-0.1, -0.05) is 115 Å². The zero-order valence-electron chi connectivity index (χ0n) is 19.0. The van der Waals surface area contributed by atoms with Crippen molar-refractivity contribution in [2.45, 2.75) is 19.3 Å². The summed E-state index contributed by atoms with van der Waals surface area (Å²) in [5.41, 5.74) is 7.92. The Hall–Kier alpha value is -3.63. The van der Waals surface area contributed by atoms with Crippen LogP contribution in [0, 0.1) is 0 Å². The van der Waals surface area contributed by atoms with E-state index in [-0.39, 0.29) is 5.41 Å². The monoisotopic (exact) mass is 503 g/mol. The number of fused-ring (bicyclic) bond motifs is 3. The summed E-state index contributed by atoms with van der Waals surface area (Å²) in [4.78, 5) is 14.8. The molecular weight excluding hydrogens is 482 g/mol. The molecule has 164 valence electrons. The second kappa shape index (κ2) is 8.00. The average molecular weight is 504 g/mol. The van der Waals surface area contributed by atoms with E-state index >= 15 is 0 Å². The Morgan fingerprint density at radius 1 is 0.559 bits per heavy atom. The zero-order valence-corrected chi connectivity index (χ0v) is 20.5. The highest BCUT2D eigenvalue weighted by atomic mass is 79.9. The van der Waals surface area contributed by atoms with E-state index in [2.05, 4.69) is 66.2 Å². The van der Waals surface area contributed by atoms with Gasteiger partial charge in [-0.05, 0) is 34.4 Å². The van der Waals surface area contributed by atoms with Gasteiger partial charge in [-0.2, -0.15) is 0 Å². The highest BCUT2D eigenvalue weighted by Gasteiger charge is 2.37. The molecule has 0 N–H and O–H groups in total. The highest BCUT2D eigenvalue weighted by molar-refractivity contribution is 9.10. The maximum absolute atomic E-state index is 4.98. The Balaban J connectivity index is 1.63. The van der Waals surface area contributed by atoms with Gasteiger partial charge in [0.1, 0.15) is 0 Å². The van der Waals surface area contributed by atoms with E-state index in [1.165, 1.54) is 22.3 Å². The molecule has 5 aromatic rings. The Morgan fingerprint density at radius 3 is 1.76 bits per heavy atom. The van der Waals surface area contributed by atoms with Crippen LogP contribution in [-0.2, 0) is 5.41 Å². The molecule has 34 heavy (non-hydrogen) atoms. The summed E-state index contributed by atoms with van der Waals surface area (Å²) in [6.45, 7) is 4.57. The van der Waals surface area contributed by atoms with Gasteiger partial charge in [0.25, 0.3) is 0 Å². The van der Waals surface area contributed by atoms with Crippen LogP contribution in [0.3, 0.4) is 0 Å². The lowest BCUT2D eigenvalue weighted by Gasteiger charge is -2.21. The van der Waals surface area contributed by atoms with Crippen molar-refractivity contribution in [1.82, 2.24) is 15.0 Å². The second-order valence-electron chi connectivity index (χ2n) is 9.08. The van der Waals surface area contributed by atoms with Gasteiger partial charge in [-0.25, -0.2) is 15.0 Å². The Bertz CT molecular complexity index is 1470. The van der Waals surface area contributed by atoms with Crippen molar-refractivity contribution in [1.29, 1.82) is 0 Å². The molecule has 0 saturated heterocycles. The van der Waals surface area contributed by atoms with Gasteiger partial charge in [-0.3, -0.25) is 0 Å². The smallest absolute Gasteiger partial charge is 0.164 e. The first kappa shape index (κ1) is 20.9. The Labute approximate surface area is 207 Å². The van der Waals surface area contributed by atoms with E-state index in [1.54, 1.807) is 0 Å². The van der Waals surface area contributed by atoms with Crippen molar-refractivity contribution in [2.24, 2.45) is 0 Å². The summed E-state index contributed by atoms with van der Waals surface area (Å²) < 4.78 is 1.09. The van der Waals surface area contributed by atoms with Crippen molar-refractivity contribution in [3.05, 3.63) is 113 Å². The molecule has 4 aromatic carbocycles. The van der Waals surface area contributed by atoms with Crippen LogP contribution >= 0.6 is 15.9 Å². The predicted molar refractivity (Wildman–Crippen MR) is 141 cm³/mol. The summed E-state index contributed by atoms with van der Waals surface area (Å²) in [7, 11) is 0. The first-order chi connectivity index (χ1) is 16.5. The molecule has 0 unspecified atom stereocenters. The molecule has 1 aromatic heterocycles. The maximum atomic E-state index is 4.98. The fraction of sp³-hybridized carbons (Fsp3) is 0.100. The normalized spacial score (nSPS) is 13.4. The largest absolute Gasteiger partial charge is 0.208 e. The van der Waals surface area contributed by atoms with Crippen LogP contribution in [0.4, 0.5) is 0 Å². The highest BCUT2D eigenvalue weighted by Crippen LogP contribution is 2.52. The number of benzene rings is 4. The number of aromatic nitrogens is 3. The van der Waals surface area contributed by atoms with Gasteiger partial charge < -0.3 is 0 Å². The lowest BCUT2D eigenvalue weighted by Crippen LogP contribution is -2.15. The van der Waals surface area contributed by atoms with Gasteiger partial charge in [0.2, 0.25) is 0 Å². The van der Waals surface area contributed by atoms with E-state index in [9.17, 15) is 0 Å². The molecule has 1 aliphatic rings. The fourth-order valence-electron chi connectivity index (χ4n) is 4.88. The van der Waals surface area contributed by atoms with Crippen LogP contribution in [-0.4, -0.2) is 15.0 Å². The van der Waals surface area contributed by atoms with Crippen LogP contribution in [0.5, 0.6) is 0 Å². The van der Waals surface area contributed by atoms with Crippen LogP contribution in [0.1, 0.15) is 25.0 Å². The SMILES string of the molecule is CC1(C)c2cc(Br)ccc2-c2c(-c3nc(-c4ccccc4)nc(-c4ccccc4)n3)cccc21. The van der Waals surface area contributed by atoms with E-state index in [1.807, 2.05) is 60.7 Å². The molecule has 1 heterocycles. The lowest BCUT2D eigenvalue weighted by molar-refractivity contribution is 0.660. The molecule has 3 nitrogen and oxygen atoms in total. The number of nitrogens with zero attached hydrogens (tertiary/aromatic N) is 3. The molecule has 0 radical (unpaired) electrons. The minimum Gasteiger partial charge on any atom is -0.208 e. The molecule has 0 bridgehead atoms. The van der Waals surface area contributed by atoms with Crippen molar-refractivity contribution >= 4 is 15.9 Å². The molecule has 0 aliphatic heterocycles. The summed E-state index contributed by atoms with van der Waals surface area (Å²) in [5, 5.41) is 0. The first-order valence-electron chi connectivity index (χ1n) is 11.3. The Morgan fingerprint density at radius 2 is 1.15 bits per heavy atom. The van der Waals surface area contributed by atoms with Crippen LogP contribution in [0.2, 0.25) is 0 Å².